The van der Waals surface area contributed by atoms with Crippen LogP contribution >= 0.6 is 0 Å². The third-order valence-electron chi connectivity index (χ3n) is 5.55. The van der Waals surface area contributed by atoms with Gasteiger partial charge in [-0.05, 0) is 36.8 Å². The fourth-order valence-corrected chi connectivity index (χ4v) is 4.16. The summed E-state index contributed by atoms with van der Waals surface area (Å²) in [5.74, 6) is 1.80. The van der Waals surface area contributed by atoms with E-state index in [0.29, 0.717) is 0 Å². The Hall–Kier alpha value is -2.88. The van der Waals surface area contributed by atoms with Gasteiger partial charge in [0, 0.05) is 24.0 Å². The summed E-state index contributed by atoms with van der Waals surface area (Å²) in [5, 5.41) is 1.17. The quantitative estimate of drug-likeness (QED) is 0.593. The lowest BCUT2D eigenvalue weighted by atomic mass is 9.90. The fourth-order valence-electron chi connectivity index (χ4n) is 4.16. The Balaban J connectivity index is 1.38. The highest BCUT2D eigenvalue weighted by molar-refractivity contribution is 6.08. The SMILES string of the molecule is c1ccc(CC2CCN(c3ncnc4c3[nH]c3ccccc34)CC2)cc1. The molecule has 5 rings (SSSR count). The number of H-pyrrole nitrogens is 1. The normalized spacial score (nSPS) is 15.8. The number of aromatic nitrogens is 3. The minimum atomic E-state index is 0.758. The number of rotatable bonds is 3. The smallest absolute Gasteiger partial charge is 0.156 e. The Morgan fingerprint density at radius 1 is 0.923 bits per heavy atom. The van der Waals surface area contributed by atoms with Gasteiger partial charge in [-0.3, -0.25) is 0 Å². The lowest BCUT2D eigenvalue weighted by molar-refractivity contribution is 0.402. The lowest BCUT2D eigenvalue weighted by Gasteiger charge is -2.33. The van der Waals surface area contributed by atoms with E-state index < -0.39 is 0 Å². The molecule has 2 aromatic heterocycles. The monoisotopic (exact) mass is 342 g/mol. The van der Waals surface area contributed by atoms with E-state index in [-0.39, 0.29) is 0 Å². The summed E-state index contributed by atoms with van der Waals surface area (Å²) in [7, 11) is 0. The third kappa shape index (κ3) is 2.71. The summed E-state index contributed by atoms with van der Waals surface area (Å²) < 4.78 is 0. The molecule has 1 aliphatic rings. The standard InChI is InChI=1S/C22H22N4/c1-2-6-16(7-3-1)14-17-10-12-26(13-11-17)22-21-20(23-15-24-22)18-8-4-5-9-19(18)25-21/h1-9,15,17,25H,10-14H2. The molecule has 0 radical (unpaired) electrons. The maximum Gasteiger partial charge on any atom is 0.156 e. The van der Waals surface area contributed by atoms with Crippen LogP contribution in [0, 0.1) is 5.92 Å². The van der Waals surface area contributed by atoms with Gasteiger partial charge in [-0.2, -0.15) is 0 Å². The molecular formula is C22H22N4. The van der Waals surface area contributed by atoms with Gasteiger partial charge in [0.2, 0.25) is 0 Å². The van der Waals surface area contributed by atoms with Gasteiger partial charge in [-0.15, -0.1) is 0 Å². The molecule has 0 unspecified atom stereocenters. The number of anilines is 1. The average molecular weight is 342 g/mol. The second-order valence-electron chi connectivity index (χ2n) is 7.21. The molecule has 26 heavy (non-hydrogen) atoms. The summed E-state index contributed by atoms with van der Waals surface area (Å²) in [6.45, 7) is 2.11. The minimum absolute atomic E-state index is 0.758. The summed E-state index contributed by atoms with van der Waals surface area (Å²) in [6, 6.07) is 19.2. The summed E-state index contributed by atoms with van der Waals surface area (Å²) >= 11 is 0. The van der Waals surface area contributed by atoms with Crippen LogP contribution in [0.25, 0.3) is 21.9 Å². The first-order valence-corrected chi connectivity index (χ1v) is 9.39. The molecule has 0 atom stereocenters. The maximum atomic E-state index is 4.62. The van der Waals surface area contributed by atoms with Crippen molar-refractivity contribution >= 4 is 27.8 Å². The molecule has 1 aliphatic heterocycles. The number of nitrogens with zero attached hydrogens (tertiary/aromatic N) is 3. The van der Waals surface area contributed by atoms with Gasteiger partial charge in [0.1, 0.15) is 17.4 Å². The van der Waals surface area contributed by atoms with Crippen LogP contribution in [0.15, 0.2) is 60.9 Å². The molecule has 1 N–H and O–H groups in total. The fraction of sp³-hybridized carbons (Fsp3) is 0.273. The van der Waals surface area contributed by atoms with Crippen molar-refractivity contribution in [3.63, 3.8) is 0 Å². The van der Waals surface area contributed by atoms with E-state index in [2.05, 4.69) is 74.4 Å². The molecule has 0 bridgehead atoms. The number of piperidine rings is 1. The van der Waals surface area contributed by atoms with Gasteiger partial charge in [0.25, 0.3) is 0 Å². The van der Waals surface area contributed by atoms with Crippen molar-refractivity contribution in [1.82, 2.24) is 15.0 Å². The second-order valence-corrected chi connectivity index (χ2v) is 7.21. The molecule has 1 saturated heterocycles. The number of hydrogen-bond donors (Lipinski definition) is 1. The van der Waals surface area contributed by atoms with Gasteiger partial charge >= 0.3 is 0 Å². The number of benzene rings is 2. The van der Waals surface area contributed by atoms with Crippen LogP contribution < -0.4 is 4.90 Å². The van der Waals surface area contributed by atoms with Crippen molar-refractivity contribution in [1.29, 1.82) is 0 Å². The Bertz CT molecular complexity index is 1030. The van der Waals surface area contributed by atoms with Crippen LogP contribution in [0.5, 0.6) is 0 Å². The highest BCUT2D eigenvalue weighted by Gasteiger charge is 2.23. The van der Waals surface area contributed by atoms with Crippen LogP contribution in [0.3, 0.4) is 0 Å². The first-order chi connectivity index (χ1) is 12.9. The molecule has 0 spiro atoms. The van der Waals surface area contributed by atoms with Crippen LogP contribution in [0.1, 0.15) is 18.4 Å². The molecular weight excluding hydrogens is 320 g/mol. The first kappa shape index (κ1) is 15.4. The van der Waals surface area contributed by atoms with Crippen molar-refractivity contribution in [2.24, 2.45) is 5.92 Å². The van der Waals surface area contributed by atoms with Crippen molar-refractivity contribution in [3.8, 4) is 0 Å². The van der Waals surface area contributed by atoms with E-state index in [1.165, 1.54) is 30.2 Å². The third-order valence-corrected chi connectivity index (χ3v) is 5.55. The predicted molar refractivity (Wildman–Crippen MR) is 106 cm³/mol. The zero-order chi connectivity index (χ0) is 17.3. The molecule has 0 aliphatic carbocycles. The second kappa shape index (κ2) is 6.45. The van der Waals surface area contributed by atoms with Crippen LogP contribution in [-0.2, 0) is 6.42 Å². The van der Waals surface area contributed by atoms with E-state index in [4.69, 9.17) is 0 Å². The molecule has 3 heterocycles. The number of nitrogens with one attached hydrogen (secondary N) is 1. The highest BCUT2D eigenvalue weighted by Crippen LogP contribution is 2.31. The van der Waals surface area contributed by atoms with Gasteiger partial charge < -0.3 is 9.88 Å². The zero-order valence-corrected chi connectivity index (χ0v) is 14.7. The molecule has 130 valence electrons. The van der Waals surface area contributed by atoms with Crippen molar-refractivity contribution in [3.05, 3.63) is 66.5 Å². The van der Waals surface area contributed by atoms with E-state index in [9.17, 15) is 0 Å². The summed E-state index contributed by atoms with van der Waals surface area (Å²) in [6.07, 6.45) is 5.30. The highest BCUT2D eigenvalue weighted by atomic mass is 15.2. The van der Waals surface area contributed by atoms with Crippen molar-refractivity contribution in [2.45, 2.75) is 19.3 Å². The van der Waals surface area contributed by atoms with Crippen LogP contribution in [0.4, 0.5) is 5.82 Å². The first-order valence-electron chi connectivity index (χ1n) is 9.39. The number of hydrogen-bond acceptors (Lipinski definition) is 3. The number of para-hydroxylation sites is 1. The van der Waals surface area contributed by atoms with Gasteiger partial charge in [-0.25, -0.2) is 9.97 Å². The zero-order valence-electron chi connectivity index (χ0n) is 14.7. The minimum Gasteiger partial charge on any atom is -0.355 e. The van der Waals surface area contributed by atoms with Crippen LogP contribution in [-0.4, -0.2) is 28.0 Å². The van der Waals surface area contributed by atoms with E-state index in [1.807, 2.05) is 0 Å². The molecule has 4 nitrogen and oxygen atoms in total. The molecule has 0 amide bonds. The largest absolute Gasteiger partial charge is 0.355 e. The van der Waals surface area contributed by atoms with Crippen LogP contribution in [0.2, 0.25) is 0 Å². The number of aromatic amines is 1. The van der Waals surface area contributed by atoms with Gasteiger partial charge in [-0.1, -0.05) is 48.5 Å². The van der Waals surface area contributed by atoms with E-state index in [0.717, 1.165) is 41.4 Å². The Labute approximate surface area is 152 Å². The summed E-state index contributed by atoms with van der Waals surface area (Å²) in [5.41, 5.74) is 4.67. The van der Waals surface area contributed by atoms with Gasteiger partial charge in [0.15, 0.2) is 5.82 Å². The van der Waals surface area contributed by atoms with E-state index >= 15 is 0 Å². The topological polar surface area (TPSA) is 44.8 Å². The Kier molecular flexibility index (Phi) is 3.81. The Morgan fingerprint density at radius 3 is 2.54 bits per heavy atom. The molecule has 4 heteroatoms. The lowest BCUT2D eigenvalue weighted by Crippen LogP contribution is -2.35. The van der Waals surface area contributed by atoms with Crippen molar-refractivity contribution < 1.29 is 0 Å². The molecule has 1 fully saturated rings. The molecule has 0 saturated carbocycles. The Morgan fingerprint density at radius 2 is 1.69 bits per heavy atom. The maximum absolute atomic E-state index is 4.62. The summed E-state index contributed by atoms with van der Waals surface area (Å²) in [4.78, 5) is 15.1. The van der Waals surface area contributed by atoms with E-state index in [1.54, 1.807) is 6.33 Å². The predicted octanol–water partition coefficient (Wildman–Crippen LogP) is 4.57. The number of fused-ring (bicyclic) bond motifs is 3. The van der Waals surface area contributed by atoms with Gasteiger partial charge in [0.05, 0.1) is 0 Å². The average Bonchev–Trinajstić information content (AvgIpc) is 3.08. The molecule has 2 aromatic carbocycles. The molecule has 4 aromatic rings. The van der Waals surface area contributed by atoms with Crippen molar-refractivity contribution in [2.75, 3.05) is 18.0 Å².